The van der Waals surface area contributed by atoms with Crippen molar-refractivity contribution in [2.24, 2.45) is 0 Å². The predicted molar refractivity (Wildman–Crippen MR) is 116 cm³/mol. The highest BCUT2D eigenvalue weighted by Gasteiger charge is 2.57. The molecule has 0 aromatic heterocycles. The fraction of sp³-hybridized carbons (Fsp3) is 0.708. The molecule has 172 valence electrons. The molecule has 1 aromatic carbocycles. The van der Waals surface area contributed by atoms with Crippen LogP contribution in [-0.2, 0) is 25.6 Å². The van der Waals surface area contributed by atoms with Crippen LogP contribution in [-0.4, -0.2) is 66.9 Å². The molecule has 0 bridgehead atoms. The van der Waals surface area contributed by atoms with E-state index < -0.39 is 23.6 Å². The summed E-state index contributed by atoms with van der Waals surface area (Å²) >= 11 is 0. The second kappa shape index (κ2) is 9.16. The van der Waals surface area contributed by atoms with Crippen molar-refractivity contribution in [3.05, 3.63) is 35.4 Å². The van der Waals surface area contributed by atoms with E-state index in [1.165, 1.54) is 30.8 Å². The number of likely N-dealkylation sites (tertiary alicyclic amines) is 1. The molecule has 3 aliphatic rings. The molecule has 0 radical (unpaired) electrons. The first-order chi connectivity index (χ1) is 14.8. The smallest absolute Gasteiger partial charge is 0.252 e. The number of fused-ring (bicyclic) bond motifs is 1. The summed E-state index contributed by atoms with van der Waals surface area (Å²) in [5.41, 5.74) is 1.01. The standard InChI is InChI=1S/C24H36N2O5/c1-17-7-6-8-18(13-17)16-29-24(22(28)25-9-12-26-10-4-5-11-26)14-19(27)21-20(15-24)30-23(2,3)31-21/h6-8,13,19-21,27H,4-5,9-12,14-16H2,1-3H3,(H,25,28)/p+1/t19-,20-,21+,24-/m1/s1. The number of hydrogen-bond acceptors (Lipinski definition) is 5. The van der Waals surface area contributed by atoms with Gasteiger partial charge in [-0.15, -0.1) is 0 Å². The van der Waals surface area contributed by atoms with Gasteiger partial charge in [0, 0.05) is 25.7 Å². The molecule has 7 heteroatoms. The highest BCUT2D eigenvalue weighted by molar-refractivity contribution is 5.85. The SMILES string of the molecule is Cc1cccc(CO[C@]2(C(=O)NCC[NH+]3CCCC3)C[C@@H](O)[C@@H]3OC(C)(C)O[C@@H]3C2)c1. The van der Waals surface area contributed by atoms with E-state index in [-0.39, 0.29) is 18.4 Å². The van der Waals surface area contributed by atoms with Gasteiger partial charge in [0.25, 0.3) is 5.91 Å². The third-order valence-corrected chi connectivity index (χ3v) is 6.76. The van der Waals surface area contributed by atoms with Crippen LogP contribution in [0.15, 0.2) is 24.3 Å². The molecular weight excluding hydrogens is 396 g/mol. The van der Waals surface area contributed by atoms with Crippen LogP contribution in [0.3, 0.4) is 0 Å². The van der Waals surface area contributed by atoms with Gasteiger partial charge in [-0.1, -0.05) is 29.8 Å². The molecule has 2 heterocycles. The number of benzene rings is 1. The Morgan fingerprint density at radius 1 is 1.26 bits per heavy atom. The maximum absolute atomic E-state index is 13.4. The Balaban J connectivity index is 1.48. The van der Waals surface area contributed by atoms with Crippen LogP contribution in [0.4, 0.5) is 0 Å². The number of nitrogens with one attached hydrogen (secondary N) is 2. The van der Waals surface area contributed by atoms with E-state index in [0.717, 1.165) is 17.7 Å². The van der Waals surface area contributed by atoms with Crippen molar-refractivity contribution < 1.29 is 29.0 Å². The predicted octanol–water partition coefficient (Wildman–Crippen LogP) is 0.720. The van der Waals surface area contributed by atoms with Crippen LogP contribution in [0.25, 0.3) is 0 Å². The molecule has 3 fully saturated rings. The lowest BCUT2D eigenvalue weighted by Crippen LogP contribution is -3.10. The van der Waals surface area contributed by atoms with E-state index in [2.05, 4.69) is 11.4 Å². The number of rotatable bonds is 7. The van der Waals surface area contributed by atoms with E-state index in [4.69, 9.17) is 14.2 Å². The van der Waals surface area contributed by atoms with Gasteiger partial charge in [-0.05, 0) is 26.3 Å². The zero-order valence-electron chi connectivity index (χ0n) is 19.0. The summed E-state index contributed by atoms with van der Waals surface area (Å²) in [7, 11) is 0. The zero-order valence-corrected chi connectivity index (χ0v) is 19.0. The van der Waals surface area contributed by atoms with Crippen molar-refractivity contribution in [2.45, 2.75) is 82.8 Å². The summed E-state index contributed by atoms with van der Waals surface area (Å²) < 4.78 is 18.3. The molecule has 1 aromatic rings. The van der Waals surface area contributed by atoms with Gasteiger partial charge in [-0.3, -0.25) is 4.79 Å². The first kappa shape index (κ1) is 22.7. The minimum Gasteiger partial charge on any atom is -0.390 e. The maximum Gasteiger partial charge on any atom is 0.252 e. The summed E-state index contributed by atoms with van der Waals surface area (Å²) in [5, 5.41) is 14.0. The van der Waals surface area contributed by atoms with E-state index in [0.29, 0.717) is 19.6 Å². The fourth-order valence-corrected chi connectivity index (χ4v) is 5.24. The van der Waals surface area contributed by atoms with Gasteiger partial charge in [-0.25, -0.2) is 0 Å². The molecule has 4 rings (SSSR count). The van der Waals surface area contributed by atoms with Gasteiger partial charge in [0.2, 0.25) is 0 Å². The molecule has 0 unspecified atom stereocenters. The van der Waals surface area contributed by atoms with Gasteiger partial charge >= 0.3 is 0 Å². The third kappa shape index (κ3) is 5.29. The van der Waals surface area contributed by atoms with Crippen molar-refractivity contribution in [2.75, 3.05) is 26.2 Å². The van der Waals surface area contributed by atoms with Gasteiger partial charge in [0.15, 0.2) is 11.4 Å². The van der Waals surface area contributed by atoms with E-state index in [9.17, 15) is 9.90 Å². The molecule has 7 nitrogen and oxygen atoms in total. The first-order valence-electron chi connectivity index (χ1n) is 11.6. The number of aliphatic hydroxyl groups is 1. The summed E-state index contributed by atoms with van der Waals surface area (Å²) in [6.45, 7) is 9.89. The number of hydrogen-bond donors (Lipinski definition) is 3. The van der Waals surface area contributed by atoms with Crippen molar-refractivity contribution in [1.29, 1.82) is 0 Å². The lowest BCUT2D eigenvalue weighted by atomic mass is 9.78. The molecule has 2 aliphatic heterocycles. The van der Waals surface area contributed by atoms with Crippen molar-refractivity contribution >= 4 is 5.91 Å². The number of carbonyl (C=O) groups excluding carboxylic acids is 1. The Bertz CT molecular complexity index is 779. The Morgan fingerprint density at radius 3 is 2.77 bits per heavy atom. The number of aryl methyl sites for hydroxylation is 1. The number of aliphatic hydroxyl groups excluding tert-OH is 1. The number of carbonyl (C=O) groups is 1. The van der Waals surface area contributed by atoms with Crippen LogP contribution < -0.4 is 10.2 Å². The Hall–Kier alpha value is -1.51. The van der Waals surface area contributed by atoms with Crippen molar-refractivity contribution in [3.8, 4) is 0 Å². The molecule has 4 atom stereocenters. The summed E-state index contributed by atoms with van der Waals surface area (Å²) in [4.78, 5) is 15.0. The largest absolute Gasteiger partial charge is 0.390 e. The van der Waals surface area contributed by atoms with E-state index >= 15 is 0 Å². The van der Waals surface area contributed by atoms with Crippen LogP contribution in [0.1, 0.15) is 50.7 Å². The average Bonchev–Trinajstić information content (AvgIpc) is 3.33. The molecule has 3 N–H and O–H groups in total. The minimum atomic E-state index is -1.14. The number of ether oxygens (including phenoxy) is 3. The van der Waals surface area contributed by atoms with E-state index in [1.54, 1.807) is 0 Å². The second-order valence-electron chi connectivity index (χ2n) is 9.85. The summed E-state index contributed by atoms with van der Waals surface area (Å²) in [5.74, 6) is -0.942. The van der Waals surface area contributed by atoms with Crippen LogP contribution in [0, 0.1) is 6.92 Å². The summed E-state index contributed by atoms with van der Waals surface area (Å²) in [6, 6.07) is 8.08. The molecule has 31 heavy (non-hydrogen) atoms. The molecule has 0 spiro atoms. The number of amides is 1. The first-order valence-corrected chi connectivity index (χ1v) is 11.6. The quantitative estimate of drug-likeness (QED) is 0.591. The fourth-order valence-electron chi connectivity index (χ4n) is 5.24. The Labute approximate surface area is 185 Å². The van der Waals surface area contributed by atoms with E-state index in [1.807, 2.05) is 39.0 Å². The zero-order chi connectivity index (χ0) is 22.1. The van der Waals surface area contributed by atoms with Crippen LogP contribution >= 0.6 is 0 Å². The Kier molecular flexibility index (Phi) is 6.70. The van der Waals surface area contributed by atoms with Gasteiger partial charge in [0.1, 0.15) is 6.10 Å². The molecular formula is C24H37N2O5+. The lowest BCUT2D eigenvalue weighted by molar-refractivity contribution is -0.886. The third-order valence-electron chi connectivity index (χ3n) is 6.76. The number of quaternary nitrogens is 1. The molecule has 2 saturated heterocycles. The lowest BCUT2D eigenvalue weighted by Gasteiger charge is -2.42. The monoisotopic (exact) mass is 433 g/mol. The maximum atomic E-state index is 13.4. The van der Waals surface area contributed by atoms with Gasteiger partial charge < -0.3 is 29.5 Å². The Morgan fingerprint density at radius 2 is 2.03 bits per heavy atom. The van der Waals surface area contributed by atoms with Crippen LogP contribution in [0.5, 0.6) is 0 Å². The van der Waals surface area contributed by atoms with Crippen LogP contribution in [0.2, 0.25) is 0 Å². The molecule has 1 saturated carbocycles. The minimum absolute atomic E-state index is 0.162. The average molecular weight is 434 g/mol. The van der Waals surface area contributed by atoms with Crippen molar-refractivity contribution in [1.82, 2.24) is 5.32 Å². The topological polar surface area (TPSA) is 81.5 Å². The molecule has 1 aliphatic carbocycles. The summed E-state index contributed by atoms with van der Waals surface area (Å²) in [6.07, 6.45) is 1.44. The van der Waals surface area contributed by atoms with Gasteiger partial charge in [0.05, 0.1) is 45.0 Å². The highest BCUT2D eigenvalue weighted by Crippen LogP contribution is 2.43. The van der Waals surface area contributed by atoms with Gasteiger partial charge in [-0.2, -0.15) is 0 Å². The highest BCUT2D eigenvalue weighted by atomic mass is 16.8. The second-order valence-corrected chi connectivity index (χ2v) is 9.85. The normalized spacial score (nSPS) is 32.7. The van der Waals surface area contributed by atoms with Crippen molar-refractivity contribution in [3.63, 3.8) is 0 Å². The molecule has 1 amide bonds.